The van der Waals surface area contributed by atoms with Gasteiger partial charge in [-0.2, -0.15) is 0 Å². The molecule has 2 amide bonds. The molecule has 2 saturated carbocycles. The number of hydrogen-bond acceptors (Lipinski definition) is 12. The molecule has 14 nitrogen and oxygen atoms in total. The number of unbranched alkanes of at least 4 members (excludes halogenated alkanes) is 1. The fourth-order valence-electron chi connectivity index (χ4n) is 12.0. The van der Waals surface area contributed by atoms with Gasteiger partial charge >= 0.3 is 24.0 Å². The Morgan fingerprint density at radius 3 is 2.46 bits per heavy atom. The number of carbonyl (C=O) groups is 5. The number of nitrogens with zero attached hydrogens (tertiary/aromatic N) is 1. The van der Waals surface area contributed by atoms with Crippen LogP contribution in [-0.2, 0) is 54.2 Å². The maximum absolute atomic E-state index is 13.7. The molecule has 14 heteroatoms. The van der Waals surface area contributed by atoms with Gasteiger partial charge < -0.3 is 39.1 Å². The van der Waals surface area contributed by atoms with Crippen molar-refractivity contribution in [3.63, 3.8) is 0 Å². The number of carbonyl (C=O) groups excluding carboxylic acids is 5. The second-order valence-corrected chi connectivity index (χ2v) is 19.0. The molecule has 3 aliphatic heterocycles. The Morgan fingerprint density at radius 1 is 0.951 bits per heavy atom. The number of amides is 2. The van der Waals surface area contributed by atoms with E-state index in [9.17, 15) is 24.0 Å². The zero-order valence-corrected chi connectivity index (χ0v) is 37.4. The summed E-state index contributed by atoms with van der Waals surface area (Å²) in [5.74, 6) is -0.680. The Morgan fingerprint density at radius 2 is 1.74 bits per heavy atom. The van der Waals surface area contributed by atoms with Crippen molar-refractivity contribution in [3.05, 3.63) is 35.9 Å². The molecule has 0 aromatic heterocycles. The summed E-state index contributed by atoms with van der Waals surface area (Å²) in [6.07, 6.45) is 9.35. The molecule has 3 saturated heterocycles. The highest BCUT2D eigenvalue weighted by atomic mass is 16.7. The number of alkyl carbamates (subject to hydrolysis) is 1. The van der Waals surface area contributed by atoms with Gasteiger partial charge in [-0.05, 0) is 119 Å². The number of hydrogen-bond donors (Lipinski definition) is 2. The average molecular weight is 854 g/mol. The van der Waals surface area contributed by atoms with Crippen LogP contribution in [0.25, 0.3) is 0 Å². The highest BCUT2D eigenvalue weighted by Gasteiger charge is 2.68. The lowest BCUT2D eigenvalue weighted by Crippen LogP contribution is -2.54. The Labute approximate surface area is 362 Å². The van der Waals surface area contributed by atoms with E-state index >= 15 is 0 Å². The molecule has 2 N–H and O–H groups in total. The van der Waals surface area contributed by atoms with Gasteiger partial charge in [0.15, 0.2) is 5.79 Å². The van der Waals surface area contributed by atoms with Crippen molar-refractivity contribution in [1.82, 2.24) is 15.5 Å². The van der Waals surface area contributed by atoms with Crippen LogP contribution in [0.5, 0.6) is 0 Å². The molecule has 1 aromatic carbocycles. The first-order valence-electron chi connectivity index (χ1n) is 22.9. The third-order valence-electron chi connectivity index (χ3n) is 15.2. The summed E-state index contributed by atoms with van der Waals surface area (Å²) in [7, 11) is 2.61. The predicted molar refractivity (Wildman–Crippen MR) is 226 cm³/mol. The number of esters is 3. The standard InChI is InChI=1S/C47H71N3O11/c1-31-18-23-47(59-29-31)32(2)42-38(60-47)26-36-34(35(19-22-45(36,42)3)46(4)21-12-10-17-40(52)61-46)20-25-50(28-39(51)49-27-41(53)56-5)37(43(54)57-6)16-11-13-24-48-44(55)58-30-33-14-8-7-9-15-33/h7-9,14-15,31-32,34-38,42H,10-13,16-30H2,1-6H3,(H,48,55)(H,49,51)/t31-,32+,34-,35+,36+,37+,38+,42+,45+,46-,47-/m1/s1. The predicted octanol–water partition coefficient (Wildman–Crippen LogP) is 6.33. The third-order valence-corrected chi connectivity index (χ3v) is 15.2. The molecule has 5 aliphatic rings. The van der Waals surface area contributed by atoms with E-state index in [1.165, 1.54) is 14.2 Å². The molecular weight excluding hydrogens is 783 g/mol. The fraction of sp³-hybridized carbons (Fsp3) is 0.766. The van der Waals surface area contributed by atoms with E-state index < -0.39 is 41.4 Å². The van der Waals surface area contributed by atoms with Crippen LogP contribution in [0.3, 0.4) is 0 Å². The zero-order chi connectivity index (χ0) is 43.8. The van der Waals surface area contributed by atoms with Crippen molar-refractivity contribution in [3.8, 4) is 0 Å². The fourth-order valence-corrected chi connectivity index (χ4v) is 12.0. The second-order valence-electron chi connectivity index (χ2n) is 19.0. The van der Waals surface area contributed by atoms with Crippen LogP contribution in [0.2, 0.25) is 0 Å². The van der Waals surface area contributed by atoms with Crippen molar-refractivity contribution in [2.75, 3.05) is 47.0 Å². The van der Waals surface area contributed by atoms with Crippen LogP contribution in [0.4, 0.5) is 4.79 Å². The van der Waals surface area contributed by atoms with Crippen LogP contribution in [-0.4, -0.2) is 105 Å². The Balaban J connectivity index is 1.20. The Bertz CT molecular complexity index is 1670. The molecule has 11 atom stereocenters. The zero-order valence-electron chi connectivity index (χ0n) is 37.4. The molecule has 5 fully saturated rings. The van der Waals surface area contributed by atoms with Crippen molar-refractivity contribution in [2.24, 2.45) is 40.9 Å². The average Bonchev–Trinajstić information content (AvgIpc) is 3.61. The minimum atomic E-state index is -0.768. The van der Waals surface area contributed by atoms with Crippen LogP contribution in [0, 0.1) is 40.9 Å². The van der Waals surface area contributed by atoms with Gasteiger partial charge in [0.05, 0.1) is 33.5 Å². The van der Waals surface area contributed by atoms with Gasteiger partial charge in [-0.3, -0.25) is 24.1 Å². The van der Waals surface area contributed by atoms with Crippen LogP contribution in [0.15, 0.2) is 30.3 Å². The van der Waals surface area contributed by atoms with Gasteiger partial charge in [0.2, 0.25) is 5.91 Å². The van der Waals surface area contributed by atoms with E-state index in [2.05, 4.69) is 38.3 Å². The lowest BCUT2D eigenvalue weighted by Gasteiger charge is -2.54. The van der Waals surface area contributed by atoms with Gasteiger partial charge in [-0.1, -0.05) is 51.1 Å². The van der Waals surface area contributed by atoms with E-state index in [-0.39, 0.29) is 60.9 Å². The summed E-state index contributed by atoms with van der Waals surface area (Å²) in [6, 6.07) is 8.67. The number of fused-ring (bicyclic) bond motifs is 3. The number of nitrogens with one attached hydrogen (secondary N) is 2. The summed E-state index contributed by atoms with van der Waals surface area (Å²) in [6.45, 7) is 10.3. The number of rotatable bonds is 17. The first-order valence-corrected chi connectivity index (χ1v) is 22.9. The van der Waals surface area contributed by atoms with Crippen molar-refractivity contribution < 1.29 is 52.4 Å². The lowest BCUT2D eigenvalue weighted by atomic mass is 9.52. The summed E-state index contributed by atoms with van der Waals surface area (Å²) in [4.78, 5) is 66.5. The SMILES string of the molecule is COC(=O)CNC(=O)CN(CC[C@H]1[C@@H]2C[C@@H]3O[C@]4(CC[C@@H](C)CO4)[C@@H](C)[C@@H]3[C@@]2(C)CC[C@@H]1[C@@]1(C)CCCCC(=O)O1)[C@@H](CCCCNC(=O)OCc1ccccc1)C(=O)OC. The van der Waals surface area contributed by atoms with Gasteiger partial charge in [-0.15, -0.1) is 0 Å². The monoisotopic (exact) mass is 854 g/mol. The molecule has 0 bridgehead atoms. The second kappa shape index (κ2) is 20.6. The first-order chi connectivity index (χ1) is 29.2. The number of ether oxygens (including phenoxy) is 6. The van der Waals surface area contributed by atoms with Crippen molar-refractivity contribution in [1.29, 1.82) is 0 Å². The van der Waals surface area contributed by atoms with Crippen molar-refractivity contribution >= 4 is 29.9 Å². The number of benzene rings is 1. The minimum Gasteiger partial charge on any atom is -0.468 e. The summed E-state index contributed by atoms with van der Waals surface area (Å²) in [5, 5.41) is 5.45. The molecule has 61 heavy (non-hydrogen) atoms. The molecule has 0 unspecified atom stereocenters. The quantitative estimate of drug-likeness (QED) is 0.102. The molecule has 3 heterocycles. The first kappa shape index (κ1) is 46.7. The highest BCUT2D eigenvalue weighted by Crippen LogP contribution is 2.68. The molecule has 2 aliphatic carbocycles. The van der Waals surface area contributed by atoms with Gasteiger partial charge in [-0.25, -0.2) is 4.79 Å². The molecule has 6 rings (SSSR count). The topological polar surface area (TPSA) is 168 Å². The summed E-state index contributed by atoms with van der Waals surface area (Å²) < 4.78 is 35.5. The molecule has 340 valence electrons. The van der Waals surface area contributed by atoms with E-state index in [4.69, 9.17) is 28.4 Å². The summed E-state index contributed by atoms with van der Waals surface area (Å²) >= 11 is 0. The van der Waals surface area contributed by atoms with Crippen LogP contribution < -0.4 is 10.6 Å². The van der Waals surface area contributed by atoms with E-state index in [0.29, 0.717) is 63.6 Å². The number of methoxy groups -OCH3 is 2. The minimum absolute atomic E-state index is 0.0496. The molecule has 1 aromatic rings. The molecule has 1 spiro atoms. The van der Waals surface area contributed by atoms with E-state index in [0.717, 1.165) is 56.9 Å². The summed E-state index contributed by atoms with van der Waals surface area (Å²) in [5.41, 5.74) is 0.192. The number of cyclic esters (lactones) is 1. The smallest absolute Gasteiger partial charge is 0.407 e. The van der Waals surface area contributed by atoms with Gasteiger partial charge in [0.1, 0.15) is 24.8 Å². The van der Waals surface area contributed by atoms with Gasteiger partial charge in [0, 0.05) is 31.2 Å². The van der Waals surface area contributed by atoms with Crippen LogP contribution >= 0.6 is 0 Å². The van der Waals surface area contributed by atoms with Gasteiger partial charge in [0.25, 0.3) is 0 Å². The Hall–Kier alpha value is -3.75. The largest absolute Gasteiger partial charge is 0.468 e. The normalized spacial score (nSPS) is 33.8. The molecular formula is C47H71N3O11. The Kier molecular flexibility index (Phi) is 15.8. The third kappa shape index (κ3) is 10.9. The maximum atomic E-state index is 13.7. The highest BCUT2D eigenvalue weighted by molar-refractivity contribution is 5.84. The lowest BCUT2D eigenvalue weighted by molar-refractivity contribution is -0.273. The maximum Gasteiger partial charge on any atom is 0.407 e. The molecule has 0 radical (unpaired) electrons. The van der Waals surface area contributed by atoms with Crippen LogP contribution in [0.1, 0.15) is 117 Å². The van der Waals surface area contributed by atoms with Crippen molar-refractivity contribution in [2.45, 2.75) is 141 Å². The van der Waals surface area contributed by atoms with E-state index in [1.54, 1.807) is 0 Å². The van der Waals surface area contributed by atoms with E-state index in [1.807, 2.05) is 35.2 Å².